The Morgan fingerprint density at radius 1 is 1.14 bits per heavy atom. The first-order chi connectivity index (χ1) is 10.4. The fraction of sp³-hybridized carbons (Fsp3) is 0.625. The number of sulfonamides is 1. The van der Waals surface area contributed by atoms with Crippen LogP contribution in [0.1, 0.15) is 45.6 Å². The number of nitrogens with one attached hydrogen (secondary N) is 1. The Morgan fingerprint density at radius 2 is 1.82 bits per heavy atom. The maximum atomic E-state index is 12.6. The Labute approximate surface area is 134 Å². The summed E-state index contributed by atoms with van der Waals surface area (Å²) < 4.78 is 38.5. The van der Waals surface area contributed by atoms with Crippen LogP contribution in [0.4, 0.5) is 0 Å². The van der Waals surface area contributed by atoms with Gasteiger partial charge in [-0.2, -0.15) is 0 Å². The average Bonchev–Trinajstić information content (AvgIpc) is 2.45. The molecule has 5 nitrogen and oxygen atoms in total. The van der Waals surface area contributed by atoms with Gasteiger partial charge in [0.2, 0.25) is 10.0 Å². The number of benzene rings is 1. The summed E-state index contributed by atoms with van der Waals surface area (Å²) in [5.41, 5.74) is 0.734. The van der Waals surface area contributed by atoms with Gasteiger partial charge in [0, 0.05) is 12.1 Å². The van der Waals surface area contributed by atoms with E-state index in [4.69, 9.17) is 9.47 Å². The molecule has 0 radical (unpaired) electrons. The fourth-order valence-electron chi connectivity index (χ4n) is 2.33. The van der Waals surface area contributed by atoms with Gasteiger partial charge in [0.15, 0.2) is 0 Å². The Hall–Kier alpha value is -1.27. The van der Waals surface area contributed by atoms with Crippen LogP contribution >= 0.6 is 0 Å². The Kier molecular flexibility index (Phi) is 7.16. The van der Waals surface area contributed by atoms with Crippen molar-refractivity contribution in [2.75, 3.05) is 14.2 Å². The molecule has 0 aliphatic carbocycles. The first-order valence-electron chi connectivity index (χ1n) is 7.63. The molecule has 0 aromatic heterocycles. The van der Waals surface area contributed by atoms with Gasteiger partial charge in [0.05, 0.1) is 14.2 Å². The summed E-state index contributed by atoms with van der Waals surface area (Å²) in [5, 5.41) is 0. The molecular weight excluding hydrogens is 302 g/mol. The lowest BCUT2D eigenvalue weighted by molar-refractivity contribution is 0.384. The molecule has 1 N–H and O–H groups in total. The molecule has 1 aromatic carbocycles. The maximum Gasteiger partial charge on any atom is 0.244 e. The highest BCUT2D eigenvalue weighted by molar-refractivity contribution is 7.89. The topological polar surface area (TPSA) is 64.6 Å². The van der Waals surface area contributed by atoms with E-state index in [0.717, 1.165) is 24.8 Å². The highest BCUT2D eigenvalue weighted by Gasteiger charge is 2.25. The van der Waals surface area contributed by atoms with Crippen LogP contribution in [0.5, 0.6) is 11.5 Å². The van der Waals surface area contributed by atoms with Crippen molar-refractivity contribution in [3.8, 4) is 11.5 Å². The largest absolute Gasteiger partial charge is 0.497 e. The minimum Gasteiger partial charge on any atom is -0.497 e. The summed E-state index contributed by atoms with van der Waals surface area (Å²) in [5.74, 6) is 0.922. The monoisotopic (exact) mass is 329 g/mol. The molecule has 0 aliphatic rings. The van der Waals surface area contributed by atoms with Crippen molar-refractivity contribution in [2.45, 2.75) is 57.4 Å². The van der Waals surface area contributed by atoms with Gasteiger partial charge in [-0.25, -0.2) is 13.1 Å². The molecule has 22 heavy (non-hydrogen) atoms. The van der Waals surface area contributed by atoms with Gasteiger partial charge in [0.25, 0.3) is 0 Å². The van der Waals surface area contributed by atoms with E-state index in [-0.39, 0.29) is 10.9 Å². The van der Waals surface area contributed by atoms with Crippen molar-refractivity contribution in [3.05, 3.63) is 17.7 Å². The summed E-state index contributed by atoms with van der Waals surface area (Å²) in [6.45, 7) is 5.71. The minimum absolute atomic E-state index is 0.180. The van der Waals surface area contributed by atoms with E-state index >= 15 is 0 Å². The number of methoxy groups -OCH3 is 2. The van der Waals surface area contributed by atoms with E-state index in [1.807, 2.05) is 0 Å². The molecule has 1 aromatic rings. The second-order valence-electron chi connectivity index (χ2n) is 5.55. The fourth-order valence-corrected chi connectivity index (χ4v) is 3.98. The molecule has 0 unspecified atom stereocenters. The van der Waals surface area contributed by atoms with Crippen LogP contribution in [0.2, 0.25) is 0 Å². The first-order valence-corrected chi connectivity index (χ1v) is 9.11. The summed E-state index contributed by atoms with van der Waals surface area (Å²) in [7, 11) is -0.594. The van der Waals surface area contributed by atoms with Crippen molar-refractivity contribution in [1.82, 2.24) is 4.72 Å². The first kappa shape index (κ1) is 18.8. The summed E-state index contributed by atoms with van der Waals surface area (Å²) in [4.78, 5) is 0.223. The van der Waals surface area contributed by atoms with Crippen LogP contribution in [0.15, 0.2) is 17.0 Å². The van der Waals surface area contributed by atoms with E-state index in [9.17, 15) is 8.42 Å². The van der Waals surface area contributed by atoms with E-state index in [1.54, 1.807) is 33.1 Å². The smallest absolute Gasteiger partial charge is 0.244 e. The standard InChI is InChI=1S/C16H27NO4S/c1-6-7-8-9-13-10-14(20-4)11-15(21-5)16(13)22(18,19)17-12(2)3/h10-12,17H,6-9H2,1-5H3. The zero-order chi connectivity index (χ0) is 16.8. The van der Waals surface area contributed by atoms with Gasteiger partial charge in [0.1, 0.15) is 16.4 Å². The van der Waals surface area contributed by atoms with Gasteiger partial charge in [-0.15, -0.1) is 0 Å². The molecule has 0 aliphatic heterocycles. The third kappa shape index (κ3) is 4.88. The minimum atomic E-state index is -3.63. The third-order valence-corrected chi connectivity index (χ3v) is 5.05. The lowest BCUT2D eigenvalue weighted by Crippen LogP contribution is -2.31. The lowest BCUT2D eigenvalue weighted by atomic mass is 10.1. The normalized spacial score (nSPS) is 11.7. The molecular formula is C16H27NO4S. The van der Waals surface area contributed by atoms with Crippen LogP contribution in [0.25, 0.3) is 0 Å². The Balaban J connectivity index is 3.37. The molecule has 0 saturated carbocycles. The Morgan fingerprint density at radius 3 is 2.32 bits per heavy atom. The molecule has 0 saturated heterocycles. The number of hydrogen-bond donors (Lipinski definition) is 1. The van der Waals surface area contributed by atoms with E-state index < -0.39 is 10.0 Å². The van der Waals surface area contributed by atoms with Crippen molar-refractivity contribution < 1.29 is 17.9 Å². The summed E-state index contributed by atoms with van der Waals surface area (Å²) in [6, 6.07) is 3.21. The molecule has 0 amide bonds. The second kappa shape index (κ2) is 8.39. The number of hydrogen-bond acceptors (Lipinski definition) is 4. The highest BCUT2D eigenvalue weighted by Crippen LogP contribution is 2.33. The molecule has 0 fully saturated rings. The molecule has 0 spiro atoms. The van der Waals surface area contributed by atoms with Crippen molar-refractivity contribution in [2.24, 2.45) is 0 Å². The number of unbranched alkanes of at least 4 members (excludes halogenated alkanes) is 2. The summed E-state index contributed by atoms with van der Waals surface area (Å²) in [6.07, 6.45) is 3.73. The lowest BCUT2D eigenvalue weighted by Gasteiger charge is -2.18. The molecule has 0 atom stereocenters. The molecule has 6 heteroatoms. The zero-order valence-corrected chi connectivity index (χ0v) is 14.9. The third-order valence-electron chi connectivity index (χ3n) is 3.27. The summed E-state index contributed by atoms with van der Waals surface area (Å²) >= 11 is 0. The van der Waals surface area contributed by atoms with Gasteiger partial charge < -0.3 is 9.47 Å². The van der Waals surface area contributed by atoms with Crippen LogP contribution in [-0.2, 0) is 16.4 Å². The van der Waals surface area contributed by atoms with Crippen molar-refractivity contribution in [1.29, 1.82) is 0 Å². The predicted molar refractivity (Wildman–Crippen MR) is 88.2 cm³/mol. The van der Waals surface area contributed by atoms with E-state index in [2.05, 4.69) is 11.6 Å². The highest BCUT2D eigenvalue weighted by atomic mass is 32.2. The van der Waals surface area contributed by atoms with Gasteiger partial charge in [-0.05, 0) is 38.3 Å². The van der Waals surface area contributed by atoms with Crippen molar-refractivity contribution in [3.63, 3.8) is 0 Å². The van der Waals surface area contributed by atoms with Crippen LogP contribution in [0.3, 0.4) is 0 Å². The number of ether oxygens (including phenoxy) is 2. The van der Waals surface area contributed by atoms with Crippen LogP contribution in [0, 0.1) is 0 Å². The Bertz CT molecular complexity index is 582. The SMILES string of the molecule is CCCCCc1cc(OC)cc(OC)c1S(=O)(=O)NC(C)C. The van der Waals surface area contributed by atoms with Crippen LogP contribution < -0.4 is 14.2 Å². The quantitative estimate of drug-likeness (QED) is 0.707. The van der Waals surface area contributed by atoms with Crippen molar-refractivity contribution >= 4 is 10.0 Å². The van der Waals surface area contributed by atoms with Gasteiger partial charge >= 0.3 is 0 Å². The second-order valence-corrected chi connectivity index (χ2v) is 7.20. The predicted octanol–water partition coefficient (Wildman–Crippen LogP) is 3.12. The molecule has 0 bridgehead atoms. The maximum absolute atomic E-state index is 12.6. The molecule has 0 heterocycles. The zero-order valence-electron chi connectivity index (χ0n) is 14.1. The average molecular weight is 329 g/mol. The number of aryl methyl sites for hydroxylation is 1. The van der Waals surface area contributed by atoms with E-state index in [0.29, 0.717) is 17.9 Å². The van der Waals surface area contributed by atoms with E-state index in [1.165, 1.54) is 7.11 Å². The van der Waals surface area contributed by atoms with Gasteiger partial charge in [-0.1, -0.05) is 19.8 Å². The number of rotatable bonds is 9. The molecule has 1 rings (SSSR count). The molecule has 126 valence electrons. The van der Waals surface area contributed by atoms with Gasteiger partial charge in [-0.3, -0.25) is 0 Å². The van der Waals surface area contributed by atoms with Crippen LogP contribution in [-0.4, -0.2) is 28.7 Å².